The van der Waals surface area contributed by atoms with Gasteiger partial charge in [-0.2, -0.15) is 8.78 Å². The number of rotatable bonds is 5. The minimum absolute atomic E-state index is 0.0135. The van der Waals surface area contributed by atoms with Gasteiger partial charge in [-0.1, -0.05) is 17.7 Å². The molecule has 0 aromatic heterocycles. The minimum Gasteiger partial charge on any atom is -0.435 e. The molecule has 0 atom stereocenters. The molecule has 3 rings (SSSR count). The van der Waals surface area contributed by atoms with Crippen molar-refractivity contribution in [3.8, 4) is 5.75 Å². The van der Waals surface area contributed by atoms with E-state index >= 15 is 0 Å². The standard InChI is InChI=1S/C18H15ClF2N2O3/c19-14-10-12(6-7-15(14)23-8-2-5-16(23)24)22-17(25)11-3-1-4-13(9-11)26-18(20)21/h1,3-4,6-7,9-10,18H,2,5,8H2,(H,22,25). The lowest BCUT2D eigenvalue weighted by Crippen LogP contribution is -2.24. The molecule has 1 N–H and O–H groups in total. The van der Waals surface area contributed by atoms with Crippen LogP contribution < -0.4 is 15.0 Å². The summed E-state index contributed by atoms with van der Waals surface area (Å²) in [6.45, 7) is -2.35. The number of carbonyl (C=O) groups excluding carboxylic acids is 2. The molecule has 1 fully saturated rings. The highest BCUT2D eigenvalue weighted by atomic mass is 35.5. The second-order valence-electron chi connectivity index (χ2n) is 5.68. The number of ether oxygens (including phenoxy) is 1. The summed E-state index contributed by atoms with van der Waals surface area (Å²) in [6, 6.07) is 10.3. The molecule has 2 aromatic carbocycles. The van der Waals surface area contributed by atoms with Gasteiger partial charge < -0.3 is 15.0 Å². The third kappa shape index (κ3) is 4.11. The molecule has 0 spiro atoms. The molecule has 5 nitrogen and oxygen atoms in total. The van der Waals surface area contributed by atoms with Crippen LogP contribution >= 0.6 is 11.6 Å². The maximum atomic E-state index is 12.3. The normalized spacial score (nSPS) is 14.0. The molecule has 0 saturated carbocycles. The highest BCUT2D eigenvalue weighted by molar-refractivity contribution is 6.34. The van der Waals surface area contributed by atoms with Crippen LogP contribution in [0.2, 0.25) is 5.02 Å². The van der Waals surface area contributed by atoms with Gasteiger partial charge in [0.1, 0.15) is 5.75 Å². The molecule has 26 heavy (non-hydrogen) atoms. The van der Waals surface area contributed by atoms with Crippen LogP contribution in [0.1, 0.15) is 23.2 Å². The monoisotopic (exact) mass is 380 g/mol. The molecule has 0 bridgehead atoms. The van der Waals surface area contributed by atoms with Crippen LogP contribution in [0.3, 0.4) is 0 Å². The van der Waals surface area contributed by atoms with E-state index in [9.17, 15) is 18.4 Å². The van der Waals surface area contributed by atoms with E-state index in [2.05, 4.69) is 10.1 Å². The summed E-state index contributed by atoms with van der Waals surface area (Å²) in [5, 5.41) is 2.98. The van der Waals surface area contributed by atoms with Gasteiger partial charge in [0.25, 0.3) is 5.91 Å². The Morgan fingerprint density at radius 2 is 2.04 bits per heavy atom. The molecule has 1 heterocycles. The molecule has 0 unspecified atom stereocenters. The first kappa shape index (κ1) is 18.1. The summed E-state index contributed by atoms with van der Waals surface area (Å²) >= 11 is 6.24. The number of anilines is 2. The Morgan fingerprint density at radius 3 is 2.69 bits per heavy atom. The van der Waals surface area contributed by atoms with Gasteiger partial charge in [0, 0.05) is 24.2 Å². The lowest BCUT2D eigenvalue weighted by atomic mass is 10.2. The van der Waals surface area contributed by atoms with Gasteiger partial charge in [-0.25, -0.2) is 0 Å². The summed E-state index contributed by atoms with van der Waals surface area (Å²) in [7, 11) is 0. The maximum Gasteiger partial charge on any atom is 0.387 e. The van der Waals surface area contributed by atoms with E-state index < -0.39 is 12.5 Å². The zero-order valence-corrected chi connectivity index (χ0v) is 14.3. The average Bonchev–Trinajstić information content (AvgIpc) is 3.00. The summed E-state index contributed by atoms with van der Waals surface area (Å²) in [6.07, 6.45) is 1.27. The van der Waals surface area contributed by atoms with Gasteiger partial charge >= 0.3 is 6.61 Å². The number of amides is 2. The Morgan fingerprint density at radius 1 is 1.23 bits per heavy atom. The van der Waals surface area contributed by atoms with Crippen molar-refractivity contribution in [2.24, 2.45) is 0 Å². The number of alkyl halides is 2. The largest absolute Gasteiger partial charge is 0.435 e. The molecule has 8 heteroatoms. The number of carbonyl (C=O) groups is 2. The minimum atomic E-state index is -2.96. The second-order valence-corrected chi connectivity index (χ2v) is 6.08. The van der Waals surface area contributed by atoms with E-state index in [-0.39, 0.29) is 17.2 Å². The SMILES string of the molecule is O=C(Nc1ccc(N2CCCC2=O)c(Cl)c1)c1cccc(OC(F)F)c1. The fourth-order valence-corrected chi connectivity index (χ4v) is 3.01. The van der Waals surface area contributed by atoms with Crippen LogP contribution in [0.15, 0.2) is 42.5 Å². The van der Waals surface area contributed by atoms with Crippen LogP contribution in [-0.4, -0.2) is 25.0 Å². The summed E-state index contributed by atoms with van der Waals surface area (Å²) < 4.78 is 28.8. The van der Waals surface area contributed by atoms with Gasteiger partial charge in [0.15, 0.2) is 0 Å². The second kappa shape index (κ2) is 7.70. The topological polar surface area (TPSA) is 58.6 Å². The van der Waals surface area contributed by atoms with Gasteiger partial charge in [-0.05, 0) is 42.8 Å². The van der Waals surface area contributed by atoms with Gasteiger partial charge in [-0.15, -0.1) is 0 Å². The number of benzene rings is 2. The highest BCUT2D eigenvalue weighted by Gasteiger charge is 2.23. The van der Waals surface area contributed by atoms with Gasteiger partial charge in [-0.3, -0.25) is 9.59 Å². The molecule has 2 amide bonds. The Kier molecular flexibility index (Phi) is 5.37. The fourth-order valence-electron chi connectivity index (χ4n) is 2.72. The van der Waals surface area contributed by atoms with Crippen LogP contribution in [-0.2, 0) is 4.79 Å². The zero-order valence-electron chi connectivity index (χ0n) is 13.5. The maximum absolute atomic E-state index is 12.3. The van der Waals surface area contributed by atoms with Crippen molar-refractivity contribution < 1.29 is 23.1 Å². The van der Waals surface area contributed by atoms with E-state index in [4.69, 9.17) is 11.6 Å². The van der Waals surface area contributed by atoms with Gasteiger partial charge in [0.05, 0.1) is 10.7 Å². The number of nitrogens with zero attached hydrogens (tertiary/aromatic N) is 1. The van der Waals surface area contributed by atoms with Crippen molar-refractivity contribution in [2.45, 2.75) is 19.5 Å². The molecule has 2 aromatic rings. The Labute approximate surface area is 153 Å². The van der Waals surface area contributed by atoms with Crippen LogP contribution in [0.4, 0.5) is 20.2 Å². The first-order chi connectivity index (χ1) is 12.4. The van der Waals surface area contributed by atoms with Crippen molar-refractivity contribution in [1.82, 2.24) is 0 Å². The fraction of sp³-hybridized carbons (Fsp3) is 0.222. The zero-order chi connectivity index (χ0) is 18.7. The van der Waals surface area contributed by atoms with E-state index in [1.54, 1.807) is 23.1 Å². The third-order valence-electron chi connectivity index (χ3n) is 3.89. The first-order valence-electron chi connectivity index (χ1n) is 7.90. The Balaban J connectivity index is 1.73. The van der Waals surface area contributed by atoms with Crippen molar-refractivity contribution >= 4 is 34.8 Å². The van der Waals surface area contributed by atoms with Crippen molar-refractivity contribution in [3.05, 3.63) is 53.1 Å². The third-order valence-corrected chi connectivity index (χ3v) is 4.19. The number of hydrogen-bond donors (Lipinski definition) is 1. The Bertz CT molecular complexity index is 845. The molecule has 0 radical (unpaired) electrons. The molecule has 1 saturated heterocycles. The lowest BCUT2D eigenvalue weighted by Gasteiger charge is -2.18. The smallest absolute Gasteiger partial charge is 0.387 e. The van der Waals surface area contributed by atoms with Crippen LogP contribution in [0, 0.1) is 0 Å². The van der Waals surface area contributed by atoms with Crippen molar-refractivity contribution in [1.29, 1.82) is 0 Å². The molecule has 1 aliphatic heterocycles. The van der Waals surface area contributed by atoms with E-state index in [0.29, 0.717) is 29.4 Å². The van der Waals surface area contributed by atoms with E-state index in [1.165, 1.54) is 24.3 Å². The van der Waals surface area contributed by atoms with Crippen molar-refractivity contribution in [2.75, 3.05) is 16.8 Å². The molecule has 1 aliphatic rings. The predicted molar refractivity (Wildman–Crippen MR) is 94.1 cm³/mol. The van der Waals surface area contributed by atoms with E-state index in [0.717, 1.165) is 6.42 Å². The van der Waals surface area contributed by atoms with Crippen LogP contribution in [0.25, 0.3) is 0 Å². The van der Waals surface area contributed by atoms with Crippen LogP contribution in [0.5, 0.6) is 5.75 Å². The number of halogens is 3. The van der Waals surface area contributed by atoms with E-state index in [1.807, 2.05) is 0 Å². The predicted octanol–water partition coefficient (Wildman–Crippen LogP) is 4.32. The molecule has 136 valence electrons. The first-order valence-corrected chi connectivity index (χ1v) is 8.28. The average molecular weight is 381 g/mol. The molecular formula is C18H15ClF2N2O3. The molecular weight excluding hydrogens is 366 g/mol. The number of nitrogens with one attached hydrogen (secondary N) is 1. The van der Waals surface area contributed by atoms with Crippen molar-refractivity contribution in [3.63, 3.8) is 0 Å². The quantitative estimate of drug-likeness (QED) is 0.840. The summed E-state index contributed by atoms with van der Waals surface area (Å²) in [5.74, 6) is -0.584. The van der Waals surface area contributed by atoms with Gasteiger partial charge in [0.2, 0.25) is 5.91 Å². The lowest BCUT2D eigenvalue weighted by molar-refractivity contribution is -0.117. The highest BCUT2D eigenvalue weighted by Crippen LogP contribution is 2.32. The number of hydrogen-bond acceptors (Lipinski definition) is 3. The summed E-state index contributed by atoms with van der Waals surface area (Å²) in [4.78, 5) is 25.7. The summed E-state index contributed by atoms with van der Waals surface area (Å²) in [5.41, 5.74) is 1.19. The molecule has 0 aliphatic carbocycles. The Hall–Kier alpha value is -2.67.